The topological polar surface area (TPSA) is 149 Å². The predicted molar refractivity (Wildman–Crippen MR) is 67.6 cm³/mol. The third kappa shape index (κ3) is 8.29. The number of hydrogen-bond donors (Lipinski definition) is 1. The fourth-order valence-electron chi connectivity index (χ4n) is 1.34. The molecule has 0 aliphatic rings. The SMILES string of the molecule is CC(CS(=O)(=O)O)c1ccc([N+](=O)[O-])cc1.O=S(=O)=O. The Labute approximate surface area is 116 Å². The fraction of sp³-hybridized carbons (Fsp3) is 0.333. The highest BCUT2D eigenvalue weighted by Gasteiger charge is 2.15. The molecular weight excluding hydrogens is 314 g/mol. The summed E-state index contributed by atoms with van der Waals surface area (Å²) in [7, 11) is -7.14. The van der Waals surface area contributed by atoms with E-state index >= 15 is 0 Å². The second-order valence-corrected chi connectivity index (χ2v) is 5.61. The van der Waals surface area contributed by atoms with Crippen LogP contribution in [0.1, 0.15) is 18.4 Å². The molecule has 0 heterocycles. The average Bonchev–Trinajstić information content (AvgIpc) is 2.26. The van der Waals surface area contributed by atoms with Crippen LogP contribution in [-0.4, -0.2) is 36.3 Å². The normalized spacial score (nSPS) is 11.9. The van der Waals surface area contributed by atoms with Crippen molar-refractivity contribution in [3.8, 4) is 0 Å². The van der Waals surface area contributed by atoms with E-state index in [0.29, 0.717) is 5.56 Å². The molecule has 1 aromatic carbocycles. The summed E-state index contributed by atoms with van der Waals surface area (Å²) in [5.74, 6) is -0.805. The third-order valence-electron chi connectivity index (χ3n) is 2.13. The highest BCUT2D eigenvalue weighted by molar-refractivity contribution is 7.85. The van der Waals surface area contributed by atoms with Gasteiger partial charge >= 0.3 is 10.6 Å². The van der Waals surface area contributed by atoms with E-state index < -0.39 is 37.3 Å². The van der Waals surface area contributed by atoms with Crippen molar-refractivity contribution in [1.29, 1.82) is 0 Å². The highest BCUT2D eigenvalue weighted by atomic mass is 32.2. The van der Waals surface area contributed by atoms with Gasteiger partial charge < -0.3 is 0 Å². The molecule has 0 spiro atoms. The molecule has 20 heavy (non-hydrogen) atoms. The van der Waals surface area contributed by atoms with Crippen LogP contribution in [0.5, 0.6) is 0 Å². The summed E-state index contributed by atoms with van der Waals surface area (Å²) >= 11 is 0. The van der Waals surface area contributed by atoms with Gasteiger partial charge in [0, 0.05) is 12.1 Å². The van der Waals surface area contributed by atoms with Gasteiger partial charge in [-0.15, -0.1) is 12.6 Å². The van der Waals surface area contributed by atoms with Crippen molar-refractivity contribution in [3.05, 3.63) is 39.9 Å². The van der Waals surface area contributed by atoms with Crippen molar-refractivity contribution in [2.45, 2.75) is 12.8 Å². The van der Waals surface area contributed by atoms with E-state index in [1.54, 1.807) is 6.92 Å². The summed E-state index contributed by atoms with van der Waals surface area (Å²) in [6.07, 6.45) is 0. The zero-order valence-corrected chi connectivity index (χ0v) is 11.8. The quantitative estimate of drug-likeness (QED) is 0.480. The first-order valence-corrected chi connectivity index (χ1v) is 7.60. The van der Waals surface area contributed by atoms with Crippen LogP contribution in [0.3, 0.4) is 0 Å². The maximum atomic E-state index is 10.6. The summed E-state index contributed by atoms with van der Waals surface area (Å²) in [4.78, 5) is 9.85. The first-order chi connectivity index (χ1) is 9.03. The Bertz CT molecular complexity index is 655. The Morgan fingerprint density at radius 3 is 1.95 bits per heavy atom. The molecule has 0 bridgehead atoms. The number of nitro groups is 1. The summed E-state index contributed by atoms with van der Waals surface area (Å²) in [6, 6.07) is 5.56. The molecule has 1 rings (SSSR count). The van der Waals surface area contributed by atoms with Gasteiger partial charge in [0.15, 0.2) is 0 Å². The van der Waals surface area contributed by atoms with Gasteiger partial charge in [-0.2, -0.15) is 8.42 Å². The summed E-state index contributed by atoms with van der Waals surface area (Å²) in [5.41, 5.74) is 0.575. The van der Waals surface area contributed by atoms with E-state index in [-0.39, 0.29) is 5.69 Å². The second kappa shape index (κ2) is 7.67. The third-order valence-corrected chi connectivity index (χ3v) is 3.05. The molecule has 0 aliphatic heterocycles. The minimum Gasteiger partial charge on any atom is -0.286 e. The number of rotatable bonds is 4. The Morgan fingerprint density at radius 2 is 1.65 bits per heavy atom. The van der Waals surface area contributed by atoms with Crippen LogP contribution in [-0.2, 0) is 20.7 Å². The average molecular weight is 325 g/mol. The number of benzene rings is 1. The van der Waals surface area contributed by atoms with Crippen LogP contribution >= 0.6 is 0 Å². The minimum absolute atomic E-state index is 0.0530. The lowest BCUT2D eigenvalue weighted by atomic mass is 10.0. The van der Waals surface area contributed by atoms with Crippen molar-refractivity contribution in [2.24, 2.45) is 0 Å². The van der Waals surface area contributed by atoms with Crippen molar-refractivity contribution in [1.82, 2.24) is 0 Å². The summed E-state index contributed by atoms with van der Waals surface area (Å²) in [6.45, 7) is 1.62. The van der Waals surface area contributed by atoms with E-state index in [9.17, 15) is 18.5 Å². The number of hydrogen-bond acceptors (Lipinski definition) is 7. The molecule has 0 amide bonds. The predicted octanol–water partition coefficient (Wildman–Crippen LogP) is 0.582. The van der Waals surface area contributed by atoms with E-state index in [0.717, 1.165) is 0 Å². The van der Waals surface area contributed by atoms with Gasteiger partial charge in [0.25, 0.3) is 15.8 Å². The summed E-state index contributed by atoms with van der Waals surface area (Å²) < 4.78 is 55.3. The van der Waals surface area contributed by atoms with Gasteiger partial charge in [0.05, 0.1) is 10.7 Å². The first-order valence-electron chi connectivity index (χ1n) is 4.99. The van der Waals surface area contributed by atoms with E-state index in [1.807, 2.05) is 0 Å². The molecular formula is C9H11NO8S2. The van der Waals surface area contributed by atoms with Crippen molar-refractivity contribution in [2.75, 3.05) is 5.75 Å². The maximum absolute atomic E-state index is 10.6. The molecule has 1 unspecified atom stereocenters. The molecule has 0 aromatic heterocycles. The lowest BCUT2D eigenvalue weighted by Crippen LogP contribution is -2.11. The van der Waals surface area contributed by atoms with Crippen molar-refractivity contribution >= 4 is 26.4 Å². The van der Waals surface area contributed by atoms with Crippen LogP contribution in [0.4, 0.5) is 5.69 Å². The lowest BCUT2D eigenvalue weighted by molar-refractivity contribution is -0.384. The second-order valence-electron chi connectivity index (χ2n) is 3.70. The van der Waals surface area contributed by atoms with Crippen LogP contribution < -0.4 is 0 Å². The van der Waals surface area contributed by atoms with Crippen molar-refractivity contribution in [3.63, 3.8) is 0 Å². The summed E-state index contributed by atoms with van der Waals surface area (Å²) in [5, 5.41) is 10.4. The molecule has 112 valence electrons. The molecule has 11 heteroatoms. The first kappa shape index (κ1) is 18.1. The Hall–Kier alpha value is -1.85. The van der Waals surface area contributed by atoms with Crippen LogP contribution in [0.15, 0.2) is 24.3 Å². The molecule has 0 radical (unpaired) electrons. The molecule has 1 atom stereocenters. The zero-order chi connectivity index (χ0) is 15.9. The van der Waals surface area contributed by atoms with E-state index in [4.69, 9.17) is 17.2 Å². The zero-order valence-electron chi connectivity index (χ0n) is 10.2. The molecule has 0 aliphatic carbocycles. The smallest absolute Gasteiger partial charge is 0.286 e. The van der Waals surface area contributed by atoms with Gasteiger partial charge in [0.1, 0.15) is 0 Å². The van der Waals surface area contributed by atoms with Crippen molar-refractivity contribution < 1.29 is 30.5 Å². The van der Waals surface area contributed by atoms with Gasteiger partial charge in [0.2, 0.25) is 0 Å². The number of non-ortho nitro benzene ring substituents is 1. The van der Waals surface area contributed by atoms with Crippen LogP contribution in [0.25, 0.3) is 0 Å². The number of nitro benzene ring substituents is 1. The molecule has 0 saturated heterocycles. The van der Waals surface area contributed by atoms with Gasteiger partial charge in [-0.1, -0.05) is 19.1 Å². The maximum Gasteiger partial charge on any atom is 0.425 e. The van der Waals surface area contributed by atoms with E-state index in [2.05, 4.69) is 0 Å². The fourth-order valence-corrected chi connectivity index (χ4v) is 2.16. The molecule has 1 N–H and O–H groups in total. The van der Waals surface area contributed by atoms with Gasteiger partial charge in [-0.3, -0.25) is 14.7 Å². The van der Waals surface area contributed by atoms with Gasteiger partial charge in [-0.05, 0) is 11.5 Å². The van der Waals surface area contributed by atoms with Crippen LogP contribution in [0.2, 0.25) is 0 Å². The van der Waals surface area contributed by atoms with Gasteiger partial charge in [-0.25, -0.2) is 0 Å². The molecule has 0 fully saturated rings. The Balaban J connectivity index is 0.000000796. The monoisotopic (exact) mass is 325 g/mol. The van der Waals surface area contributed by atoms with E-state index in [1.165, 1.54) is 24.3 Å². The Kier molecular flexibility index (Phi) is 6.96. The number of nitrogens with zero attached hydrogens (tertiary/aromatic N) is 1. The van der Waals surface area contributed by atoms with Crippen LogP contribution in [0, 0.1) is 10.1 Å². The minimum atomic E-state index is -4.03. The standard InChI is InChI=1S/C9H11NO5S.O3S/c1-7(6-16(13,14)15)8-2-4-9(5-3-8)10(11)12;1-4(2)3/h2-5,7H,6H2,1H3,(H,13,14,15);. The highest BCUT2D eigenvalue weighted by Crippen LogP contribution is 2.20. The Morgan fingerprint density at radius 1 is 1.25 bits per heavy atom. The molecule has 1 aromatic rings. The molecule has 0 saturated carbocycles. The largest absolute Gasteiger partial charge is 0.425 e. The lowest BCUT2D eigenvalue weighted by Gasteiger charge is -2.08. The molecule has 9 nitrogen and oxygen atoms in total.